The summed E-state index contributed by atoms with van der Waals surface area (Å²) in [5.41, 5.74) is -1.19. The minimum Gasteiger partial charge on any atom is -0.465 e. The van der Waals surface area contributed by atoms with Crippen LogP contribution in [0.15, 0.2) is 24.3 Å². The van der Waals surface area contributed by atoms with E-state index < -0.39 is 37.5 Å². The number of hydrogen-bond donors (Lipinski definition) is 0. The van der Waals surface area contributed by atoms with Crippen molar-refractivity contribution >= 4 is 32.1 Å². The Kier molecular flexibility index (Phi) is 8.24. The van der Waals surface area contributed by atoms with E-state index >= 15 is 0 Å². The molecule has 8 nitrogen and oxygen atoms in total. The Morgan fingerprint density at radius 1 is 0.909 bits per heavy atom. The minimum atomic E-state index is -2.35. The van der Waals surface area contributed by atoms with Crippen LogP contribution in [-0.2, 0) is 23.5 Å². The molecule has 2 rings (SSSR count). The smallest absolute Gasteiger partial charge is 0.325 e. The molecular weight excluding hydrogens is 442 g/mol. The minimum absolute atomic E-state index is 0.0626. The maximum Gasteiger partial charge on any atom is 0.325 e. The number of nitrogens with zero attached hydrogens (tertiary/aromatic N) is 1. The van der Waals surface area contributed by atoms with Crippen LogP contribution >= 0.6 is 0 Å². The summed E-state index contributed by atoms with van der Waals surface area (Å²) in [5.74, 6) is -2.47. The summed E-state index contributed by atoms with van der Waals surface area (Å²) < 4.78 is 16.8. The van der Waals surface area contributed by atoms with Crippen LogP contribution in [0.5, 0.6) is 0 Å². The first-order chi connectivity index (χ1) is 15.3. The van der Waals surface area contributed by atoms with Gasteiger partial charge < -0.3 is 13.9 Å². The van der Waals surface area contributed by atoms with E-state index in [1.165, 1.54) is 0 Å². The molecule has 182 valence electrons. The molecule has 9 heteroatoms. The lowest BCUT2D eigenvalue weighted by Crippen LogP contribution is -2.52. The van der Waals surface area contributed by atoms with Crippen molar-refractivity contribution in [1.82, 2.24) is 4.90 Å². The van der Waals surface area contributed by atoms with E-state index in [0.29, 0.717) is 11.1 Å². The van der Waals surface area contributed by atoms with E-state index in [0.717, 1.165) is 4.90 Å². The predicted octanol–water partition coefficient (Wildman–Crippen LogP) is 3.81. The number of carbonyl (C=O) groups is 4. The monoisotopic (exact) mass is 477 g/mol. The average Bonchev–Trinajstić information content (AvgIpc) is 2.98. The summed E-state index contributed by atoms with van der Waals surface area (Å²) >= 11 is 0. The van der Waals surface area contributed by atoms with Gasteiger partial charge >= 0.3 is 11.9 Å². The van der Waals surface area contributed by atoms with Crippen molar-refractivity contribution in [2.45, 2.75) is 59.2 Å². The number of carbonyl (C=O) groups excluding carboxylic acids is 4. The zero-order valence-corrected chi connectivity index (χ0v) is 21.6. The fourth-order valence-electron chi connectivity index (χ4n) is 3.28. The van der Waals surface area contributed by atoms with Crippen LogP contribution in [0.2, 0.25) is 18.1 Å². The number of esters is 2. The maximum absolute atomic E-state index is 13.2. The van der Waals surface area contributed by atoms with Crippen molar-refractivity contribution in [3.8, 4) is 0 Å². The summed E-state index contributed by atoms with van der Waals surface area (Å²) in [7, 11) is -2.35. The van der Waals surface area contributed by atoms with Gasteiger partial charge in [-0.25, -0.2) is 0 Å². The summed E-state index contributed by atoms with van der Waals surface area (Å²) in [4.78, 5) is 53.0. The van der Waals surface area contributed by atoms with E-state index in [1.54, 1.807) is 38.1 Å². The Morgan fingerprint density at radius 3 is 1.76 bits per heavy atom. The van der Waals surface area contributed by atoms with Gasteiger partial charge in [0.05, 0.1) is 30.9 Å². The third kappa shape index (κ3) is 5.35. The molecule has 0 saturated heterocycles. The molecule has 1 aromatic rings. The number of fused-ring (bicyclic) bond motifs is 1. The molecule has 1 aromatic carbocycles. The van der Waals surface area contributed by atoms with Crippen molar-refractivity contribution in [2.24, 2.45) is 5.41 Å². The highest BCUT2D eigenvalue weighted by atomic mass is 28.4. The SMILES string of the molecule is CCOC(=O)C(CCN1C(=O)c2ccccc2C1=O)(CO[Si](C)(C)C(C)(C)C)C(=O)OCC. The van der Waals surface area contributed by atoms with E-state index in [9.17, 15) is 19.2 Å². The van der Waals surface area contributed by atoms with Crippen LogP contribution in [0.25, 0.3) is 0 Å². The highest BCUT2D eigenvalue weighted by molar-refractivity contribution is 6.74. The molecule has 0 saturated carbocycles. The van der Waals surface area contributed by atoms with Crippen molar-refractivity contribution in [2.75, 3.05) is 26.4 Å². The van der Waals surface area contributed by atoms with Gasteiger partial charge in [-0.2, -0.15) is 0 Å². The van der Waals surface area contributed by atoms with Gasteiger partial charge in [-0.3, -0.25) is 24.1 Å². The lowest BCUT2D eigenvalue weighted by Gasteiger charge is -2.39. The molecule has 0 aliphatic carbocycles. The van der Waals surface area contributed by atoms with Crippen LogP contribution in [0, 0.1) is 5.41 Å². The molecule has 0 N–H and O–H groups in total. The Morgan fingerprint density at radius 2 is 1.36 bits per heavy atom. The first-order valence-corrected chi connectivity index (χ1v) is 14.2. The lowest BCUT2D eigenvalue weighted by atomic mass is 9.85. The van der Waals surface area contributed by atoms with Crippen LogP contribution in [0.4, 0.5) is 0 Å². The van der Waals surface area contributed by atoms with Crippen LogP contribution in [-0.4, -0.2) is 63.3 Å². The normalized spacial score (nSPS) is 14.3. The lowest BCUT2D eigenvalue weighted by molar-refractivity contribution is -0.175. The fourth-order valence-corrected chi connectivity index (χ4v) is 4.32. The molecule has 33 heavy (non-hydrogen) atoms. The Balaban J connectivity index is 2.39. The average molecular weight is 478 g/mol. The molecule has 0 aromatic heterocycles. The van der Waals surface area contributed by atoms with E-state index in [2.05, 4.69) is 20.8 Å². The number of ether oxygens (including phenoxy) is 2. The zero-order chi connectivity index (χ0) is 25.0. The van der Waals surface area contributed by atoms with Crippen molar-refractivity contribution < 1.29 is 33.1 Å². The van der Waals surface area contributed by atoms with Crippen LogP contribution in [0.1, 0.15) is 61.8 Å². The molecule has 0 atom stereocenters. The first kappa shape index (κ1) is 26.7. The van der Waals surface area contributed by atoms with Crippen LogP contribution < -0.4 is 0 Å². The highest BCUT2D eigenvalue weighted by Gasteiger charge is 2.52. The van der Waals surface area contributed by atoms with Crippen LogP contribution in [0.3, 0.4) is 0 Å². The summed E-state index contributed by atoms with van der Waals surface area (Å²) in [6, 6.07) is 6.53. The third-order valence-electron chi connectivity index (χ3n) is 6.46. The van der Waals surface area contributed by atoms with Gasteiger partial charge in [0.1, 0.15) is 0 Å². The topological polar surface area (TPSA) is 99.2 Å². The first-order valence-electron chi connectivity index (χ1n) is 11.3. The second-order valence-electron chi connectivity index (χ2n) is 9.63. The fraction of sp³-hybridized carbons (Fsp3) is 0.583. The van der Waals surface area contributed by atoms with Crippen molar-refractivity contribution in [3.05, 3.63) is 35.4 Å². The standard InChI is InChI=1S/C24H35NO7Si/c1-8-30-21(28)24(22(29)31-9-2,16-32-33(6,7)23(3,4)5)14-15-25-19(26)17-12-10-11-13-18(17)20(25)27/h10-13H,8-9,14-16H2,1-7H3. The molecule has 1 aliphatic rings. The number of imide groups is 1. The van der Waals surface area contributed by atoms with Gasteiger partial charge in [0.25, 0.3) is 11.8 Å². The number of rotatable bonds is 10. The Hall–Kier alpha value is -2.52. The summed E-state index contributed by atoms with van der Waals surface area (Å²) in [5, 5.41) is -0.162. The van der Waals surface area contributed by atoms with E-state index in [1.807, 2.05) is 13.1 Å². The maximum atomic E-state index is 13.2. The second kappa shape index (κ2) is 10.2. The van der Waals surface area contributed by atoms with Gasteiger partial charge in [-0.1, -0.05) is 32.9 Å². The van der Waals surface area contributed by atoms with Gasteiger partial charge in [-0.15, -0.1) is 0 Å². The zero-order valence-electron chi connectivity index (χ0n) is 20.6. The molecule has 1 aliphatic heterocycles. The van der Waals surface area contributed by atoms with Gasteiger partial charge in [0.2, 0.25) is 0 Å². The van der Waals surface area contributed by atoms with Gasteiger partial charge in [-0.05, 0) is 50.5 Å². The summed E-state index contributed by atoms with van der Waals surface area (Å²) in [6.07, 6.45) is -0.162. The van der Waals surface area contributed by atoms with Crippen molar-refractivity contribution in [1.29, 1.82) is 0 Å². The van der Waals surface area contributed by atoms with E-state index in [-0.39, 0.29) is 37.8 Å². The quantitative estimate of drug-likeness (QED) is 0.219. The molecule has 0 radical (unpaired) electrons. The van der Waals surface area contributed by atoms with Gasteiger partial charge in [0.15, 0.2) is 13.7 Å². The molecule has 0 fully saturated rings. The molecule has 2 amide bonds. The van der Waals surface area contributed by atoms with Gasteiger partial charge in [0, 0.05) is 6.54 Å². The molecular formula is C24H35NO7Si. The number of hydrogen-bond acceptors (Lipinski definition) is 7. The third-order valence-corrected chi connectivity index (χ3v) is 10.9. The second-order valence-corrected chi connectivity index (χ2v) is 14.4. The molecule has 0 spiro atoms. The predicted molar refractivity (Wildman–Crippen MR) is 125 cm³/mol. The largest absolute Gasteiger partial charge is 0.465 e. The number of amides is 2. The Bertz CT molecular complexity index is 867. The highest BCUT2D eigenvalue weighted by Crippen LogP contribution is 2.39. The molecule has 0 unspecified atom stereocenters. The molecule has 1 heterocycles. The molecule has 0 bridgehead atoms. The van der Waals surface area contributed by atoms with E-state index in [4.69, 9.17) is 13.9 Å². The summed E-state index contributed by atoms with van der Waals surface area (Å²) in [6.45, 7) is 13.2. The van der Waals surface area contributed by atoms with Crippen molar-refractivity contribution in [3.63, 3.8) is 0 Å². The number of benzene rings is 1. The Labute approximate surface area is 196 Å².